The lowest BCUT2D eigenvalue weighted by atomic mass is 9.96. The van der Waals surface area contributed by atoms with Gasteiger partial charge in [-0.3, -0.25) is 4.79 Å². The van der Waals surface area contributed by atoms with Gasteiger partial charge in [0.25, 0.3) is 0 Å². The van der Waals surface area contributed by atoms with E-state index in [0.29, 0.717) is 12.8 Å². The van der Waals surface area contributed by atoms with Crippen LogP contribution in [0.25, 0.3) is 0 Å². The molecule has 2 aliphatic heterocycles. The number of nitrogens with zero attached hydrogens (tertiary/aromatic N) is 1. The maximum atomic E-state index is 13.5. The molecule has 9 nitrogen and oxygen atoms in total. The van der Waals surface area contributed by atoms with Crippen LogP contribution in [0.5, 0.6) is 5.75 Å². The number of rotatable bonds is 5. The van der Waals surface area contributed by atoms with E-state index in [4.69, 9.17) is 18.9 Å². The summed E-state index contributed by atoms with van der Waals surface area (Å²) >= 11 is 0. The summed E-state index contributed by atoms with van der Waals surface area (Å²) in [5, 5.41) is 10.3. The molecule has 1 N–H and O–H groups in total. The first kappa shape index (κ1) is 22.0. The third kappa shape index (κ3) is 4.89. The summed E-state index contributed by atoms with van der Waals surface area (Å²) < 4.78 is 49.8. The summed E-state index contributed by atoms with van der Waals surface area (Å²) in [5.41, 5.74) is 0. The number of fused-ring (bicyclic) bond motifs is 1. The molecule has 0 amide bonds. The minimum absolute atomic E-state index is 0.00775. The highest BCUT2D eigenvalue weighted by molar-refractivity contribution is 7.89. The molecule has 10 heteroatoms. The van der Waals surface area contributed by atoms with Crippen LogP contribution >= 0.6 is 0 Å². The van der Waals surface area contributed by atoms with Gasteiger partial charge in [0, 0.05) is 6.54 Å². The van der Waals surface area contributed by atoms with Crippen LogP contribution in [0.15, 0.2) is 29.2 Å². The standard InChI is InChI=1S/C19H27NO8S/c1-25-16-5-3-4-6-18(16)29(23,24)20-10-13(21)11-27-12-17-15(20)8-7-14(28-17)9-19(22)26-2/h3-6,13-15,17,21H,7-12H2,1-2H3/t13-,14+,15+,17-/m0/s1. The molecule has 162 valence electrons. The van der Waals surface area contributed by atoms with Crippen molar-refractivity contribution in [1.29, 1.82) is 0 Å². The molecule has 0 spiro atoms. The second-order valence-corrected chi connectivity index (χ2v) is 9.00. The summed E-state index contributed by atoms with van der Waals surface area (Å²) in [7, 11) is -1.25. The van der Waals surface area contributed by atoms with Gasteiger partial charge in [-0.05, 0) is 25.0 Å². The Kier molecular flexibility index (Phi) is 7.12. The number of hydrogen-bond donors (Lipinski definition) is 1. The van der Waals surface area contributed by atoms with Crippen molar-refractivity contribution in [1.82, 2.24) is 4.31 Å². The monoisotopic (exact) mass is 429 g/mol. The average molecular weight is 429 g/mol. The summed E-state index contributed by atoms with van der Waals surface area (Å²) in [4.78, 5) is 11.6. The van der Waals surface area contributed by atoms with E-state index in [1.165, 1.54) is 24.6 Å². The molecule has 29 heavy (non-hydrogen) atoms. The number of carbonyl (C=O) groups is 1. The number of methoxy groups -OCH3 is 2. The van der Waals surface area contributed by atoms with Crippen LogP contribution in [0.2, 0.25) is 0 Å². The number of sulfonamides is 1. The fraction of sp³-hybridized carbons (Fsp3) is 0.632. The van der Waals surface area contributed by atoms with Gasteiger partial charge in [0.1, 0.15) is 10.6 Å². The highest BCUT2D eigenvalue weighted by atomic mass is 32.2. The molecule has 3 rings (SSSR count). The molecule has 0 saturated carbocycles. The van der Waals surface area contributed by atoms with Gasteiger partial charge in [-0.15, -0.1) is 0 Å². The summed E-state index contributed by atoms with van der Waals surface area (Å²) in [6.07, 6.45) is -0.834. The molecule has 4 atom stereocenters. The Bertz CT molecular complexity index is 814. The minimum Gasteiger partial charge on any atom is -0.495 e. The lowest BCUT2D eigenvalue weighted by Gasteiger charge is -2.43. The predicted molar refractivity (Wildman–Crippen MR) is 102 cm³/mol. The second-order valence-electron chi connectivity index (χ2n) is 7.14. The molecule has 0 unspecified atom stereocenters. The van der Waals surface area contributed by atoms with Crippen LogP contribution in [0, 0.1) is 0 Å². The normalized spacial score (nSPS) is 28.7. The van der Waals surface area contributed by atoms with Crippen molar-refractivity contribution in [2.45, 2.75) is 48.5 Å². The molecular weight excluding hydrogens is 402 g/mol. The molecule has 0 bridgehead atoms. The van der Waals surface area contributed by atoms with Gasteiger partial charge in [0.15, 0.2) is 0 Å². The van der Waals surface area contributed by atoms with Crippen molar-refractivity contribution in [3.05, 3.63) is 24.3 Å². The maximum Gasteiger partial charge on any atom is 0.308 e. The van der Waals surface area contributed by atoms with E-state index >= 15 is 0 Å². The van der Waals surface area contributed by atoms with E-state index in [2.05, 4.69) is 0 Å². The molecule has 0 aromatic heterocycles. The van der Waals surface area contributed by atoms with Crippen LogP contribution in [-0.2, 0) is 29.0 Å². The zero-order valence-electron chi connectivity index (χ0n) is 16.5. The van der Waals surface area contributed by atoms with Crippen molar-refractivity contribution < 1.29 is 37.3 Å². The second kappa shape index (κ2) is 9.40. The molecule has 0 aliphatic carbocycles. The number of esters is 1. The third-order valence-corrected chi connectivity index (χ3v) is 7.14. The van der Waals surface area contributed by atoms with E-state index in [1.807, 2.05) is 0 Å². The fourth-order valence-electron chi connectivity index (χ4n) is 3.80. The van der Waals surface area contributed by atoms with Crippen LogP contribution < -0.4 is 4.74 Å². The number of aliphatic hydroxyl groups is 1. The number of carbonyl (C=O) groups excluding carboxylic acids is 1. The van der Waals surface area contributed by atoms with Crippen molar-refractivity contribution >= 4 is 16.0 Å². The molecule has 1 aromatic carbocycles. The van der Waals surface area contributed by atoms with Gasteiger partial charge in [-0.25, -0.2) is 8.42 Å². The Hall–Kier alpha value is -1.72. The molecule has 2 aliphatic rings. The zero-order valence-corrected chi connectivity index (χ0v) is 17.3. The van der Waals surface area contributed by atoms with Crippen molar-refractivity contribution in [2.24, 2.45) is 0 Å². The summed E-state index contributed by atoms with van der Waals surface area (Å²) in [6, 6.07) is 5.85. The number of hydrogen-bond acceptors (Lipinski definition) is 8. The first-order chi connectivity index (χ1) is 13.9. The highest BCUT2D eigenvalue weighted by Gasteiger charge is 2.43. The zero-order chi connectivity index (χ0) is 21.0. The van der Waals surface area contributed by atoms with E-state index in [-0.39, 0.29) is 48.9 Å². The van der Waals surface area contributed by atoms with Gasteiger partial charge in [0.2, 0.25) is 10.0 Å². The van der Waals surface area contributed by atoms with Gasteiger partial charge >= 0.3 is 5.97 Å². The molecule has 2 fully saturated rings. The Balaban J connectivity index is 1.90. The molecule has 2 heterocycles. The topological polar surface area (TPSA) is 112 Å². The fourth-order valence-corrected chi connectivity index (χ4v) is 5.67. The van der Waals surface area contributed by atoms with Crippen LogP contribution in [0.4, 0.5) is 0 Å². The Labute approximate surface area is 170 Å². The van der Waals surface area contributed by atoms with E-state index < -0.39 is 28.3 Å². The van der Waals surface area contributed by atoms with Crippen molar-refractivity contribution in [3.63, 3.8) is 0 Å². The van der Waals surface area contributed by atoms with Gasteiger partial charge in [-0.2, -0.15) is 4.31 Å². The molecule has 0 radical (unpaired) electrons. The maximum absolute atomic E-state index is 13.5. The summed E-state index contributed by atoms with van der Waals surface area (Å²) in [5.74, 6) is -0.147. The number of ether oxygens (including phenoxy) is 4. The summed E-state index contributed by atoms with van der Waals surface area (Å²) in [6.45, 7) is -0.00386. The largest absolute Gasteiger partial charge is 0.495 e. The minimum atomic E-state index is -3.97. The first-order valence-corrected chi connectivity index (χ1v) is 10.9. The van der Waals surface area contributed by atoms with E-state index in [9.17, 15) is 18.3 Å². The van der Waals surface area contributed by atoms with Crippen LogP contribution in [0.3, 0.4) is 0 Å². The van der Waals surface area contributed by atoms with E-state index in [1.54, 1.807) is 18.2 Å². The number of para-hydroxylation sites is 1. The smallest absolute Gasteiger partial charge is 0.308 e. The van der Waals surface area contributed by atoms with Crippen molar-refractivity contribution in [2.75, 3.05) is 34.0 Å². The predicted octanol–water partition coefficient (Wildman–Crippen LogP) is 0.556. The Morgan fingerprint density at radius 3 is 2.72 bits per heavy atom. The molecule has 1 aromatic rings. The molecular formula is C19H27NO8S. The van der Waals surface area contributed by atoms with E-state index in [0.717, 1.165) is 0 Å². The quantitative estimate of drug-likeness (QED) is 0.676. The SMILES string of the molecule is COC(=O)C[C@H]1CC[C@@H]2[C@H](COC[C@@H](O)CN2S(=O)(=O)c2ccccc2OC)O1. The number of benzene rings is 1. The first-order valence-electron chi connectivity index (χ1n) is 9.49. The Morgan fingerprint density at radius 2 is 2.00 bits per heavy atom. The number of aliphatic hydroxyl groups excluding tert-OH is 1. The van der Waals surface area contributed by atoms with Crippen molar-refractivity contribution in [3.8, 4) is 5.75 Å². The molecule has 2 saturated heterocycles. The average Bonchev–Trinajstić information content (AvgIpc) is 2.71. The lowest BCUT2D eigenvalue weighted by Crippen LogP contribution is -2.57. The van der Waals surface area contributed by atoms with Gasteiger partial charge in [-0.1, -0.05) is 12.1 Å². The lowest BCUT2D eigenvalue weighted by molar-refractivity contribution is -0.157. The third-order valence-electron chi connectivity index (χ3n) is 5.21. The number of β-amino-alcohol motifs (C(OH)–C–C–N with tert-alkyl or cyclic N) is 1. The highest BCUT2D eigenvalue weighted by Crippen LogP contribution is 2.34. The van der Waals surface area contributed by atoms with Gasteiger partial charge in [0.05, 0.1) is 58.2 Å². The van der Waals surface area contributed by atoms with Crippen LogP contribution in [-0.4, -0.2) is 82.1 Å². The van der Waals surface area contributed by atoms with Crippen LogP contribution in [0.1, 0.15) is 19.3 Å². The Morgan fingerprint density at radius 1 is 1.24 bits per heavy atom. The van der Waals surface area contributed by atoms with Gasteiger partial charge < -0.3 is 24.1 Å².